The molecule has 18 heavy (non-hydrogen) atoms. The summed E-state index contributed by atoms with van der Waals surface area (Å²) in [5.41, 5.74) is 1.45. The van der Waals surface area contributed by atoms with Gasteiger partial charge in [0, 0.05) is 12.1 Å². The van der Waals surface area contributed by atoms with Crippen LogP contribution in [0.15, 0.2) is 18.2 Å². The van der Waals surface area contributed by atoms with Crippen LogP contribution in [0.3, 0.4) is 0 Å². The van der Waals surface area contributed by atoms with Gasteiger partial charge in [0.1, 0.15) is 5.69 Å². The van der Waals surface area contributed by atoms with Gasteiger partial charge in [0.05, 0.1) is 17.6 Å². The molecule has 1 saturated heterocycles. The Morgan fingerprint density at radius 1 is 1.56 bits per heavy atom. The maximum Gasteiger partial charge on any atom is 0.295 e. The van der Waals surface area contributed by atoms with Crippen molar-refractivity contribution in [1.82, 2.24) is 0 Å². The fraction of sp³-hybridized carbons (Fsp3) is 0.538. The van der Waals surface area contributed by atoms with Crippen molar-refractivity contribution >= 4 is 11.4 Å². The van der Waals surface area contributed by atoms with Gasteiger partial charge in [-0.2, -0.15) is 0 Å². The predicted octanol–water partition coefficient (Wildman–Crippen LogP) is 2.11. The van der Waals surface area contributed by atoms with Crippen LogP contribution in [-0.2, 0) is 0 Å². The number of rotatable bonds is 3. The van der Waals surface area contributed by atoms with Crippen LogP contribution in [0, 0.1) is 23.0 Å². The van der Waals surface area contributed by atoms with Gasteiger partial charge in [0.15, 0.2) is 0 Å². The number of hydrogen-bond donors (Lipinski definition) is 1. The molecule has 0 saturated carbocycles. The second-order valence-corrected chi connectivity index (χ2v) is 4.91. The van der Waals surface area contributed by atoms with Crippen LogP contribution < -0.4 is 4.90 Å². The molecule has 0 bridgehead atoms. The lowest BCUT2D eigenvalue weighted by Crippen LogP contribution is -2.35. The summed E-state index contributed by atoms with van der Waals surface area (Å²) in [7, 11) is 0. The number of para-hydroxylation sites is 1. The molecule has 2 atom stereocenters. The molecular weight excluding hydrogens is 232 g/mol. The number of nitro groups is 1. The van der Waals surface area contributed by atoms with Gasteiger partial charge in [-0.15, -0.1) is 0 Å². The lowest BCUT2D eigenvalue weighted by molar-refractivity contribution is -0.384. The van der Waals surface area contributed by atoms with Crippen LogP contribution in [0.25, 0.3) is 0 Å². The molecule has 0 aromatic heterocycles. The number of aliphatic hydroxyl groups is 1. The fourth-order valence-corrected chi connectivity index (χ4v) is 2.70. The minimum absolute atomic E-state index is 0.0227. The number of aryl methyl sites for hydroxylation is 1. The summed E-state index contributed by atoms with van der Waals surface area (Å²) in [5.74, 6) is 0.357. The summed E-state index contributed by atoms with van der Waals surface area (Å²) in [5, 5.41) is 20.6. The quantitative estimate of drug-likeness (QED) is 0.659. The highest BCUT2D eigenvalue weighted by Crippen LogP contribution is 2.37. The average molecular weight is 250 g/mol. The van der Waals surface area contributed by atoms with Crippen molar-refractivity contribution in [1.29, 1.82) is 0 Å². The normalized spacial score (nSPS) is 23.4. The molecule has 1 aliphatic rings. The highest BCUT2D eigenvalue weighted by Gasteiger charge is 2.34. The third-order valence-corrected chi connectivity index (χ3v) is 3.78. The summed E-state index contributed by atoms with van der Waals surface area (Å²) in [6, 6.07) is 5.32. The zero-order chi connectivity index (χ0) is 13.3. The van der Waals surface area contributed by atoms with Crippen molar-refractivity contribution in [3.8, 4) is 0 Å². The lowest BCUT2D eigenvalue weighted by atomic mass is 10.0. The van der Waals surface area contributed by atoms with E-state index in [1.54, 1.807) is 19.1 Å². The lowest BCUT2D eigenvalue weighted by Gasteiger charge is -2.27. The van der Waals surface area contributed by atoms with E-state index in [2.05, 4.69) is 6.92 Å². The molecule has 0 radical (unpaired) electrons. The Morgan fingerprint density at radius 2 is 2.28 bits per heavy atom. The number of anilines is 1. The Bertz CT molecular complexity index is 462. The molecule has 1 aromatic rings. The first-order valence-corrected chi connectivity index (χ1v) is 6.17. The van der Waals surface area contributed by atoms with E-state index >= 15 is 0 Å². The third kappa shape index (κ3) is 2.06. The van der Waals surface area contributed by atoms with Gasteiger partial charge in [-0.3, -0.25) is 10.1 Å². The average Bonchev–Trinajstić information content (AvgIpc) is 2.69. The van der Waals surface area contributed by atoms with Gasteiger partial charge in [0.2, 0.25) is 0 Å². The highest BCUT2D eigenvalue weighted by molar-refractivity contribution is 5.67. The molecule has 5 heteroatoms. The molecule has 0 amide bonds. The number of aliphatic hydroxyl groups excluding tert-OH is 1. The summed E-state index contributed by atoms with van der Waals surface area (Å²) < 4.78 is 0. The third-order valence-electron chi connectivity index (χ3n) is 3.78. The first-order valence-electron chi connectivity index (χ1n) is 6.17. The van der Waals surface area contributed by atoms with Gasteiger partial charge >= 0.3 is 0 Å². The zero-order valence-corrected chi connectivity index (χ0v) is 10.7. The van der Waals surface area contributed by atoms with Crippen molar-refractivity contribution in [2.45, 2.75) is 26.3 Å². The van der Waals surface area contributed by atoms with Crippen molar-refractivity contribution < 1.29 is 10.0 Å². The molecule has 0 aliphatic carbocycles. The number of benzene rings is 1. The number of nitrogens with zero attached hydrogens (tertiary/aromatic N) is 2. The van der Waals surface area contributed by atoms with E-state index in [0.29, 0.717) is 17.2 Å². The van der Waals surface area contributed by atoms with Crippen LogP contribution in [0.1, 0.15) is 18.9 Å². The van der Waals surface area contributed by atoms with E-state index < -0.39 is 0 Å². The molecule has 1 N–H and O–H groups in total. The standard InChI is InChI=1S/C13H18N2O3/c1-9-6-7-14(12(9)8-16)11-5-3-4-10(2)13(11)15(17)18/h3-5,9,12,16H,6-8H2,1-2H3. The largest absolute Gasteiger partial charge is 0.394 e. The smallest absolute Gasteiger partial charge is 0.295 e. The van der Waals surface area contributed by atoms with Crippen molar-refractivity contribution in [2.24, 2.45) is 5.92 Å². The number of nitro benzene ring substituents is 1. The van der Waals surface area contributed by atoms with Gasteiger partial charge < -0.3 is 10.0 Å². The van der Waals surface area contributed by atoms with Crippen LogP contribution >= 0.6 is 0 Å². The Balaban J connectivity index is 2.45. The molecule has 0 spiro atoms. The van der Waals surface area contributed by atoms with Crippen molar-refractivity contribution in [3.63, 3.8) is 0 Å². The monoisotopic (exact) mass is 250 g/mol. The van der Waals surface area contributed by atoms with Crippen LogP contribution in [0.4, 0.5) is 11.4 Å². The van der Waals surface area contributed by atoms with E-state index in [4.69, 9.17) is 0 Å². The number of hydrogen-bond acceptors (Lipinski definition) is 4. The van der Waals surface area contributed by atoms with E-state index in [9.17, 15) is 15.2 Å². The molecule has 2 rings (SSSR count). The van der Waals surface area contributed by atoms with Gasteiger partial charge in [-0.05, 0) is 25.3 Å². The maximum atomic E-state index is 11.2. The Labute approximate surface area is 106 Å². The minimum atomic E-state index is -0.331. The van der Waals surface area contributed by atoms with Crippen molar-refractivity contribution in [3.05, 3.63) is 33.9 Å². The molecule has 5 nitrogen and oxygen atoms in total. The summed E-state index contributed by atoms with van der Waals surface area (Å²) in [6.45, 7) is 4.61. The molecule has 1 heterocycles. The minimum Gasteiger partial charge on any atom is -0.394 e. The first-order chi connectivity index (χ1) is 8.56. The van der Waals surface area contributed by atoms with Crippen LogP contribution in [0.2, 0.25) is 0 Å². The fourth-order valence-electron chi connectivity index (χ4n) is 2.70. The van der Waals surface area contributed by atoms with Crippen molar-refractivity contribution in [2.75, 3.05) is 18.1 Å². The summed E-state index contributed by atoms with van der Waals surface area (Å²) in [6.07, 6.45) is 0.955. The molecule has 1 fully saturated rings. The molecule has 1 aliphatic heterocycles. The first kappa shape index (κ1) is 12.8. The van der Waals surface area contributed by atoms with E-state index in [-0.39, 0.29) is 23.3 Å². The van der Waals surface area contributed by atoms with Gasteiger partial charge in [-0.1, -0.05) is 19.1 Å². The Hall–Kier alpha value is -1.62. The molecular formula is C13H18N2O3. The topological polar surface area (TPSA) is 66.6 Å². The van der Waals surface area contributed by atoms with E-state index in [1.807, 2.05) is 11.0 Å². The van der Waals surface area contributed by atoms with Crippen LogP contribution in [-0.4, -0.2) is 29.2 Å². The predicted molar refractivity (Wildman–Crippen MR) is 69.8 cm³/mol. The molecule has 1 aromatic carbocycles. The maximum absolute atomic E-state index is 11.2. The molecule has 2 unspecified atom stereocenters. The second-order valence-electron chi connectivity index (χ2n) is 4.91. The highest BCUT2D eigenvalue weighted by atomic mass is 16.6. The van der Waals surface area contributed by atoms with E-state index in [1.165, 1.54) is 0 Å². The Morgan fingerprint density at radius 3 is 2.89 bits per heavy atom. The summed E-state index contributed by atoms with van der Waals surface area (Å²) in [4.78, 5) is 12.8. The summed E-state index contributed by atoms with van der Waals surface area (Å²) >= 11 is 0. The van der Waals surface area contributed by atoms with Crippen LogP contribution in [0.5, 0.6) is 0 Å². The SMILES string of the molecule is Cc1cccc(N2CCC(C)C2CO)c1[N+](=O)[O-]. The zero-order valence-electron chi connectivity index (χ0n) is 10.7. The Kier molecular flexibility index (Phi) is 3.52. The van der Waals surface area contributed by atoms with Gasteiger partial charge in [0.25, 0.3) is 5.69 Å². The second kappa shape index (κ2) is 4.94. The van der Waals surface area contributed by atoms with E-state index in [0.717, 1.165) is 13.0 Å². The molecule has 98 valence electrons. The van der Waals surface area contributed by atoms with Gasteiger partial charge in [-0.25, -0.2) is 0 Å².